The fraction of sp³-hybridized carbons (Fsp3) is 0.333. The van der Waals surface area contributed by atoms with Crippen molar-refractivity contribution in [3.63, 3.8) is 0 Å². The van der Waals surface area contributed by atoms with Crippen LogP contribution in [0, 0.1) is 5.92 Å². The quantitative estimate of drug-likeness (QED) is 0.367. The first kappa shape index (κ1) is 25.0. The minimum atomic E-state index is -1.33. The Morgan fingerprint density at radius 3 is 2.38 bits per heavy atom. The number of rotatable bonds is 9. The first-order valence-corrected chi connectivity index (χ1v) is 11.3. The van der Waals surface area contributed by atoms with Gasteiger partial charge in [0.1, 0.15) is 11.8 Å². The number of hydrogen-bond donors (Lipinski definition) is 5. The highest BCUT2D eigenvalue weighted by Gasteiger charge is 2.26. The molecule has 9 nitrogen and oxygen atoms in total. The average molecular weight is 488 g/mol. The van der Waals surface area contributed by atoms with Gasteiger partial charge in [-0.1, -0.05) is 36.6 Å². The summed E-state index contributed by atoms with van der Waals surface area (Å²) in [5.41, 5.74) is 0.912. The highest BCUT2D eigenvalue weighted by Crippen LogP contribution is 2.24. The van der Waals surface area contributed by atoms with Gasteiger partial charge < -0.3 is 26.2 Å². The molecule has 0 heterocycles. The van der Waals surface area contributed by atoms with Crippen molar-refractivity contribution >= 4 is 35.3 Å². The van der Waals surface area contributed by atoms with Crippen LogP contribution in [0.2, 0.25) is 5.02 Å². The third kappa shape index (κ3) is 6.71. The molecule has 0 saturated heterocycles. The molecule has 1 atom stereocenters. The number of carboxylic acids is 1. The zero-order chi connectivity index (χ0) is 24.7. The van der Waals surface area contributed by atoms with Crippen LogP contribution in [0.3, 0.4) is 0 Å². The number of hydrogen-bond acceptors (Lipinski definition) is 5. The van der Waals surface area contributed by atoms with E-state index in [4.69, 9.17) is 11.6 Å². The van der Waals surface area contributed by atoms with Gasteiger partial charge in [0.25, 0.3) is 11.8 Å². The van der Waals surface area contributed by atoms with Gasteiger partial charge in [-0.3, -0.25) is 14.4 Å². The molecule has 0 radical (unpaired) electrons. The largest absolute Gasteiger partial charge is 0.508 e. The van der Waals surface area contributed by atoms with E-state index >= 15 is 0 Å². The number of phenolic OH excluding ortho intramolecular Hbond substituents is 1. The molecule has 2 aromatic rings. The maximum atomic E-state index is 12.6. The highest BCUT2D eigenvalue weighted by molar-refractivity contribution is 6.34. The molecule has 3 rings (SSSR count). The van der Waals surface area contributed by atoms with Crippen LogP contribution in [-0.2, 0) is 16.1 Å². The van der Waals surface area contributed by atoms with E-state index in [9.17, 15) is 29.4 Å². The predicted octanol–water partition coefficient (Wildman–Crippen LogP) is 2.46. The van der Waals surface area contributed by atoms with E-state index < -0.39 is 23.8 Å². The molecule has 1 aliphatic carbocycles. The van der Waals surface area contributed by atoms with Gasteiger partial charge in [0, 0.05) is 24.6 Å². The van der Waals surface area contributed by atoms with Crippen LogP contribution in [0.5, 0.6) is 5.75 Å². The number of benzene rings is 2. The number of halogens is 1. The first-order valence-electron chi connectivity index (χ1n) is 10.9. The number of amides is 3. The summed E-state index contributed by atoms with van der Waals surface area (Å²) in [7, 11) is 0. The number of carboxylic acid groups (broad SMARTS) is 1. The van der Waals surface area contributed by atoms with Crippen LogP contribution in [0.15, 0.2) is 42.5 Å². The van der Waals surface area contributed by atoms with Crippen LogP contribution >= 0.6 is 11.6 Å². The average Bonchev–Trinajstić information content (AvgIpc) is 3.34. The summed E-state index contributed by atoms with van der Waals surface area (Å²) in [6, 6.07) is 9.16. The van der Waals surface area contributed by atoms with Gasteiger partial charge in [-0.05, 0) is 48.7 Å². The van der Waals surface area contributed by atoms with Crippen molar-refractivity contribution in [2.45, 2.75) is 38.3 Å². The van der Waals surface area contributed by atoms with Gasteiger partial charge in [0.2, 0.25) is 5.91 Å². The second-order valence-electron chi connectivity index (χ2n) is 8.14. The standard InChI is InChI=1S/C24H26ClN3O6/c25-19-11-16(22(31)26-12-14-4-3-7-17(29)10-14)8-9-18(19)23(32)28-20(24(33)34)13-27-21(30)15-5-1-2-6-15/h3-4,7-11,15,20,29H,1-2,5-6,12-13H2,(H,26,31)(H,27,30)(H,28,32)(H,33,34)/t20-/m0/s1. The van der Waals surface area contributed by atoms with Crippen molar-refractivity contribution in [2.24, 2.45) is 5.92 Å². The lowest BCUT2D eigenvalue weighted by Gasteiger charge is -2.17. The van der Waals surface area contributed by atoms with Crippen molar-refractivity contribution in [1.82, 2.24) is 16.0 Å². The summed E-state index contributed by atoms with van der Waals surface area (Å²) in [6.07, 6.45) is 3.50. The fourth-order valence-electron chi connectivity index (χ4n) is 3.76. The number of phenols is 1. The van der Waals surface area contributed by atoms with Crippen molar-refractivity contribution < 1.29 is 29.4 Å². The predicted molar refractivity (Wildman–Crippen MR) is 125 cm³/mol. The van der Waals surface area contributed by atoms with E-state index in [1.165, 1.54) is 30.3 Å². The molecular weight excluding hydrogens is 462 g/mol. The van der Waals surface area contributed by atoms with Crippen LogP contribution in [0.4, 0.5) is 0 Å². The van der Waals surface area contributed by atoms with E-state index in [1.807, 2.05) is 0 Å². The third-order valence-electron chi connectivity index (χ3n) is 5.65. The van der Waals surface area contributed by atoms with Gasteiger partial charge >= 0.3 is 5.97 Å². The van der Waals surface area contributed by atoms with Gasteiger partial charge in [0.15, 0.2) is 0 Å². The lowest BCUT2D eigenvalue weighted by Crippen LogP contribution is -2.49. The summed E-state index contributed by atoms with van der Waals surface area (Å²) < 4.78 is 0. The molecule has 3 amide bonds. The van der Waals surface area contributed by atoms with Crippen LogP contribution in [0.25, 0.3) is 0 Å². The Balaban J connectivity index is 1.58. The molecule has 1 fully saturated rings. The summed E-state index contributed by atoms with van der Waals surface area (Å²) in [4.78, 5) is 48.7. The van der Waals surface area contributed by atoms with E-state index in [0.717, 1.165) is 25.7 Å². The van der Waals surface area contributed by atoms with Crippen molar-refractivity contribution in [1.29, 1.82) is 0 Å². The molecule has 0 spiro atoms. The summed E-state index contributed by atoms with van der Waals surface area (Å²) in [5.74, 6) is -2.71. The zero-order valence-corrected chi connectivity index (χ0v) is 19.1. The Hall–Kier alpha value is -3.59. The summed E-state index contributed by atoms with van der Waals surface area (Å²) in [5, 5.41) is 26.5. The molecule has 180 valence electrons. The molecular formula is C24H26ClN3O6. The van der Waals surface area contributed by atoms with E-state index in [-0.39, 0.29) is 46.8 Å². The van der Waals surface area contributed by atoms with Crippen molar-refractivity contribution in [2.75, 3.05) is 6.54 Å². The van der Waals surface area contributed by atoms with Crippen molar-refractivity contribution in [3.05, 3.63) is 64.2 Å². The van der Waals surface area contributed by atoms with Gasteiger partial charge in [-0.2, -0.15) is 0 Å². The van der Waals surface area contributed by atoms with E-state index in [0.29, 0.717) is 5.56 Å². The fourth-order valence-corrected chi connectivity index (χ4v) is 4.03. The zero-order valence-electron chi connectivity index (χ0n) is 18.3. The summed E-state index contributed by atoms with van der Waals surface area (Å²) in [6.45, 7) is -0.0660. The second kappa shape index (κ2) is 11.5. The smallest absolute Gasteiger partial charge is 0.328 e. The SMILES string of the molecule is O=C(NCc1cccc(O)c1)c1ccc(C(=O)N[C@@H](CNC(=O)C2CCCC2)C(=O)O)c(Cl)c1. The third-order valence-corrected chi connectivity index (χ3v) is 5.96. The molecule has 0 aromatic heterocycles. The molecule has 1 saturated carbocycles. The van der Waals surface area contributed by atoms with Gasteiger partial charge in [-0.15, -0.1) is 0 Å². The lowest BCUT2D eigenvalue weighted by molar-refractivity contribution is -0.139. The van der Waals surface area contributed by atoms with E-state index in [1.54, 1.807) is 12.1 Å². The Labute approximate surface area is 201 Å². The maximum Gasteiger partial charge on any atom is 0.328 e. The number of carbonyl (C=O) groups is 4. The molecule has 1 aliphatic rings. The molecule has 2 aromatic carbocycles. The lowest BCUT2D eigenvalue weighted by atomic mass is 10.1. The van der Waals surface area contributed by atoms with Crippen LogP contribution < -0.4 is 16.0 Å². The molecule has 0 unspecified atom stereocenters. The summed E-state index contributed by atoms with van der Waals surface area (Å²) >= 11 is 6.19. The van der Waals surface area contributed by atoms with Gasteiger partial charge in [0.05, 0.1) is 10.6 Å². The minimum Gasteiger partial charge on any atom is -0.508 e. The molecule has 5 N–H and O–H groups in total. The maximum absolute atomic E-state index is 12.6. The number of nitrogens with one attached hydrogen (secondary N) is 3. The normalized spacial score (nSPS) is 14.3. The number of aliphatic carboxylic acids is 1. The minimum absolute atomic E-state index is 0.000400. The first-order chi connectivity index (χ1) is 16.2. The van der Waals surface area contributed by atoms with Gasteiger partial charge in [-0.25, -0.2) is 4.79 Å². The monoisotopic (exact) mass is 487 g/mol. The Bertz CT molecular complexity index is 1080. The Morgan fingerprint density at radius 2 is 1.74 bits per heavy atom. The molecule has 0 aliphatic heterocycles. The van der Waals surface area contributed by atoms with Crippen molar-refractivity contribution in [3.8, 4) is 5.75 Å². The Morgan fingerprint density at radius 1 is 1.00 bits per heavy atom. The highest BCUT2D eigenvalue weighted by atomic mass is 35.5. The second-order valence-corrected chi connectivity index (χ2v) is 8.55. The molecule has 10 heteroatoms. The topological polar surface area (TPSA) is 145 Å². The number of carbonyl (C=O) groups excluding carboxylic acids is 3. The van der Waals surface area contributed by atoms with Crippen LogP contribution in [-0.4, -0.2) is 46.5 Å². The van der Waals surface area contributed by atoms with Crippen LogP contribution in [0.1, 0.15) is 52.0 Å². The van der Waals surface area contributed by atoms with E-state index in [2.05, 4.69) is 16.0 Å². The number of aromatic hydroxyl groups is 1. The molecule has 0 bridgehead atoms. The molecule has 34 heavy (non-hydrogen) atoms. The Kier molecular flexibility index (Phi) is 8.48.